The molecule has 23 heavy (non-hydrogen) atoms. The van der Waals surface area contributed by atoms with Crippen molar-refractivity contribution in [3.05, 3.63) is 52.5 Å². The molecular weight excluding hydrogens is 320 g/mol. The van der Waals surface area contributed by atoms with Gasteiger partial charge in [-0.3, -0.25) is 4.79 Å². The van der Waals surface area contributed by atoms with Crippen LogP contribution in [0, 0.1) is 0 Å². The molecule has 1 amide bonds. The minimum Gasteiger partial charge on any atom is -0.503 e. The summed E-state index contributed by atoms with van der Waals surface area (Å²) in [4.78, 5) is 12.1. The van der Waals surface area contributed by atoms with Gasteiger partial charge in [-0.2, -0.15) is 5.10 Å². The molecule has 0 spiro atoms. The van der Waals surface area contributed by atoms with E-state index in [-0.39, 0.29) is 16.5 Å². The van der Waals surface area contributed by atoms with Crippen molar-refractivity contribution in [1.82, 2.24) is 5.43 Å². The largest absolute Gasteiger partial charge is 0.503 e. The maximum atomic E-state index is 12.1. The van der Waals surface area contributed by atoms with Gasteiger partial charge in [0.1, 0.15) is 5.75 Å². The number of phenolic OH excluding ortho intramolecular Hbond substituents is 1. The van der Waals surface area contributed by atoms with Crippen LogP contribution in [0.5, 0.6) is 17.2 Å². The number of hydrazone groups is 1. The summed E-state index contributed by atoms with van der Waals surface area (Å²) in [6, 6.07) is 9.94. The van der Waals surface area contributed by atoms with Gasteiger partial charge in [-0.1, -0.05) is 23.7 Å². The Kier molecular flexibility index (Phi) is 5.43. The summed E-state index contributed by atoms with van der Waals surface area (Å²) >= 11 is 6.00. The van der Waals surface area contributed by atoms with Crippen molar-refractivity contribution >= 4 is 23.7 Å². The van der Waals surface area contributed by atoms with Gasteiger partial charge >= 0.3 is 0 Å². The zero-order valence-corrected chi connectivity index (χ0v) is 13.3. The highest BCUT2D eigenvalue weighted by molar-refractivity contribution is 6.34. The van der Waals surface area contributed by atoms with Crippen LogP contribution in [0.25, 0.3) is 0 Å². The smallest absolute Gasteiger partial charge is 0.275 e. The van der Waals surface area contributed by atoms with E-state index in [1.165, 1.54) is 20.4 Å². The van der Waals surface area contributed by atoms with Gasteiger partial charge in [0.2, 0.25) is 0 Å². The SMILES string of the molecule is COc1ccccc1C(=O)N/N=C/c1ccc(OC)c(O)c1Cl. The van der Waals surface area contributed by atoms with E-state index in [4.69, 9.17) is 21.1 Å². The van der Waals surface area contributed by atoms with Crippen molar-refractivity contribution in [3.8, 4) is 17.2 Å². The first kappa shape index (κ1) is 16.6. The molecule has 0 saturated carbocycles. The van der Waals surface area contributed by atoms with Crippen LogP contribution in [-0.4, -0.2) is 31.4 Å². The molecule has 0 heterocycles. The Morgan fingerprint density at radius 1 is 1.17 bits per heavy atom. The molecule has 2 aromatic carbocycles. The second kappa shape index (κ2) is 7.51. The molecule has 0 saturated heterocycles. The summed E-state index contributed by atoms with van der Waals surface area (Å²) in [7, 11) is 2.90. The lowest BCUT2D eigenvalue weighted by molar-refractivity contribution is 0.0952. The second-order valence-electron chi connectivity index (χ2n) is 4.42. The second-order valence-corrected chi connectivity index (χ2v) is 4.80. The number of hydrogen-bond acceptors (Lipinski definition) is 5. The number of benzene rings is 2. The van der Waals surface area contributed by atoms with Gasteiger partial charge in [0.05, 0.1) is 31.0 Å². The lowest BCUT2D eigenvalue weighted by Crippen LogP contribution is -2.18. The Bertz CT molecular complexity index is 747. The third-order valence-corrected chi connectivity index (χ3v) is 3.45. The number of nitrogens with one attached hydrogen (secondary N) is 1. The number of hydrogen-bond donors (Lipinski definition) is 2. The summed E-state index contributed by atoms with van der Waals surface area (Å²) in [5.74, 6) is 0.0901. The van der Waals surface area contributed by atoms with Crippen molar-refractivity contribution in [1.29, 1.82) is 0 Å². The normalized spacial score (nSPS) is 10.6. The van der Waals surface area contributed by atoms with Crippen LogP contribution in [0.15, 0.2) is 41.5 Å². The van der Waals surface area contributed by atoms with Crippen molar-refractivity contribution in [2.45, 2.75) is 0 Å². The van der Waals surface area contributed by atoms with Gasteiger partial charge in [-0.05, 0) is 24.3 Å². The van der Waals surface area contributed by atoms with Crippen molar-refractivity contribution in [2.75, 3.05) is 14.2 Å². The number of nitrogens with zero attached hydrogens (tertiary/aromatic N) is 1. The maximum absolute atomic E-state index is 12.1. The third-order valence-electron chi connectivity index (χ3n) is 3.05. The molecule has 2 rings (SSSR count). The molecule has 0 aliphatic carbocycles. The Balaban J connectivity index is 2.13. The van der Waals surface area contributed by atoms with Gasteiger partial charge in [0, 0.05) is 5.56 Å². The van der Waals surface area contributed by atoms with Gasteiger partial charge in [0.25, 0.3) is 5.91 Å². The molecule has 0 atom stereocenters. The molecule has 0 bridgehead atoms. The number of amides is 1. The van der Waals surface area contributed by atoms with Crippen LogP contribution in [0.2, 0.25) is 5.02 Å². The first-order chi connectivity index (χ1) is 11.1. The highest BCUT2D eigenvalue weighted by Gasteiger charge is 2.11. The van der Waals surface area contributed by atoms with Crippen LogP contribution >= 0.6 is 11.6 Å². The van der Waals surface area contributed by atoms with Gasteiger partial charge in [0.15, 0.2) is 11.5 Å². The molecular formula is C16H15ClN2O4. The number of rotatable bonds is 5. The molecule has 0 aliphatic heterocycles. The molecule has 7 heteroatoms. The van der Waals surface area contributed by atoms with Gasteiger partial charge in [-0.25, -0.2) is 5.43 Å². The van der Waals surface area contributed by atoms with E-state index in [2.05, 4.69) is 10.5 Å². The number of phenols is 1. The number of carbonyl (C=O) groups is 1. The summed E-state index contributed by atoms with van der Waals surface area (Å²) in [5.41, 5.74) is 3.17. The van der Waals surface area contributed by atoms with E-state index in [0.29, 0.717) is 16.9 Å². The fourth-order valence-electron chi connectivity index (χ4n) is 1.88. The minimum atomic E-state index is -0.424. The van der Waals surface area contributed by atoms with Crippen LogP contribution in [0.1, 0.15) is 15.9 Å². The van der Waals surface area contributed by atoms with E-state index < -0.39 is 5.91 Å². The molecule has 0 radical (unpaired) electrons. The zero-order chi connectivity index (χ0) is 16.8. The minimum absolute atomic E-state index is 0.0830. The Hall–Kier alpha value is -2.73. The number of halogens is 1. The molecule has 6 nitrogen and oxygen atoms in total. The molecule has 0 aromatic heterocycles. The van der Waals surface area contributed by atoms with Gasteiger partial charge < -0.3 is 14.6 Å². The lowest BCUT2D eigenvalue weighted by Gasteiger charge is -2.07. The quantitative estimate of drug-likeness (QED) is 0.651. The van der Waals surface area contributed by atoms with Crippen LogP contribution in [0.3, 0.4) is 0 Å². The Morgan fingerprint density at radius 3 is 2.57 bits per heavy atom. The fourth-order valence-corrected chi connectivity index (χ4v) is 2.08. The van der Waals surface area contributed by atoms with E-state index in [0.717, 1.165) is 0 Å². The number of aromatic hydroxyl groups is 1. The first-order valence-electron chi connectivity index (χ1n) is 6.60. The average molecular weight is 335 g/mol. The first-order valence-corrected chi connectivity index (χ1v) is 6.98. The molecule has 0 aliphatic rings. The highest BCUT2D eigenvalue weighted by Crippen LogP contribution is 2.35. The van der Waals surface area contributed by atoms with Crippen LogP contribution in [-0.2, 0) is 0 Å². The summed E-state index contributed by atoms with van der Waals surface area (Å²) < 4.78 is 10.1. The van der Waals surface area contributed by atoms with E-state index >= 15 is 0 Å². The topological polar surface area (TPSA) is 80.2 Å². The standard InChI is InChI=1S/C16H15ClN2O4/c1-22-12-6-4-3-5-11(12)16(21)19-18-9-10-7-8-13(23-2)15(20)14(10)17/h3-9,20H,1-2H3,(H,19,21)/b18-9+. The van der Waals surface area contributed by atoms with Crippen molar-refractivity contribution in [2.24, 2.45) is 5.10 Å². The lowest BCUT2D eigenvalue weighted by atomic mass is 10.2. The predicted octanol–water partition coefficient (Wildman–Crippen LogP) is 2.83. The monoisotopic (exact) mass is 334 g/mol. The van der Waals surface area contributed by atoms with E-state index in [9.17, 15) is 9.90 Å². The molecule has 120 valence electrons. The van der Waals surface area contributed by atoms with Crippen LogP contribution in [0.4, 0.5) is 0 Å². The average Bonchev–Trinajstić information content (AvgIpc) is 2.58. The molecule has 0 unspecified atom stereocenters. The number of ether oxygens (including phenoxy) is 2. The summed E-state index contributed by atoms with van der Waals surface area (Å²) in [5, 5.41) is 13.7. The number of para-hydroxylation sites is 1. The van der Waals surface area contributed by atoms with E-state index in [1.807, 2.05) is 0 Å². The maximum Gasteiger partial charge on any atom is 0.275 e. The molecule has 2 aromatic rings. The summed E-state index contributed by atoms with van der Waals surface area (Å²) in [6.45, 7) is 0. The molecule has 2 N–H and O–H groups in total. The highest BCUT2D eigenvalue weighted by atomic mass is 35.5. The fraction of sp³-hybridized carbons (Fsp3) is 0.125. The Labute approximate surface area is 138 Å². The van der Waals surface area contributed by atoms with Gasteiger partial charge in [-0.15, -0.1) is 0 Å². The van der Waals surface area contributed by atoms with E-state index in [1.54, 1.807) is 36.4 Å². The zero-order valence-electron chi connectivity index (χ0n) is 12.5. The predicted molar refractivity (Wildman–Crippen MR) is 87.7 cm³/mol. The van der Waals surface area contributed by atoms with Crippen molar-refractivity contribution < 1.29 is 19.4 Å². The third kappa shape index (κ3) is 3.73. The molecule has 0 fully saturated rings. The number of methoxy groups -OCH3 is 2. The Morgan fingerprint density at radius 2 is 1.87 bits per heavy atom. The van der Waals surface area contributed by atoms with Crippen LogP contribution < -0.4 is 14.9 Å². The van der Waals surface area contributed by atoms with Crippen molar-refractivity contribution in [3.63, 3.8) is 0 Å². The number of carbonyl (C=O) groups excluding carboxylic acids is 1. The summed E-state index contributed by atoms with van der Waals surface area (Å²) in [6.07, 6.45) is 1.33.